The molecule has 1 heterocycles. The third-order valence-corrected chi connectivity index (χ3v) is 5.55. The van der Waals surface area contributed by atoms with Gasteiger partial charge in [-0.25, -0.2) is 13.2 Å². The molecule has 0 aromatic heterocycles. The number of carbonyl (C=O) groups is 2. The van der Waals surface area contributed by atoms with Gasteiger partial charge in [-0.15, -0.1) is 0 Å². The van der Waals surface area contributed by atoms with Crippen LogP contribution in [0.5, 0.6) is 5.75 Å². The van der Waals surface area contributed by atoms with Crippen molar-refractivity contribution in [3.05, 3.63) is 23.8 Å². The Morgan fingerprint density at radius 1 is 1.24 bits per heavy atom. The molecule has 7 nitrogen and oxygen atoms in total. The van der Waals surface area contributed by atoms with Gasteiger partial charge >= 0.3 is 5.97 Å². The molecule has 1 aliphatic heterocycles. The number of aromatic carboxylic acids is 1. The summed E-state index contributed by atoms with van der Waals surface area (Å²) in [5.41, 5.74) is -0.137. The minimum absolute atomic E-state index is 0.00854. The van der Waals surface area contributed by atoms with E-state index in [4.69, 9.17) is 5.11 Å². The summed E-state index contributed by atoms with van der Waals surface area (Å²) in [6.45, 7) is 0. The number of benzene rings is 1. The lowest BCUT2D eigenvalue weighted by Gasteiger charge is -2.21. The summed E-state index contributed by atoms with van der Waals surface area (Å²) < 4.78 is 23.7. The second-order valence-electron chi connectivity index (χ2n) is 4.88. The van der Waals surface area contributed by atoms with Crippen molar-refractivity contribution in [1.29, 1.82) is 0 Å². The first kappa shape index (κ1) is 15.3. The molecule has 1 saturated heterocycles. The number of rotatable bonds is 3. The Hall–Kier alpha value is -2.09. The second-order valence-corrected chi connectivity index (χ2v) is 7.18. The second kappa shape index (κ2) is 5.72. The standard InChI is InChI=1S/C13H15NO6S/c15-10-7-8(13(17)18)4-5-9(10)14-12(16)11-3-1-2-6-21(11,19)20/h4-5,7,11,15H,1-3,6H2,(H,14,16)(H,17,18). The van der Waals surface area contributed by atoms with Gasteiger partial charge in [0.15, 0.2) is 9.84 Å². The topological polar surface area (TPSA) is 121 Å². The normalized spacial score (nSPS) is 20.7. The van der Waals surface area contributed by atoms with Crippen molar-refractivity contribution in [2.24, 2.45) is 0 Å². The molecule has 114 valence electrons. The summed E-state index contributed by atoms with van der Waals surface area (Å²) in [7, 11) is -3.47. The molecule has 1 unspecified atom stereocenters. The highest BCUT2D eigenvalue weighted by molar-refractivity contribution is 7.92. The number of anilines is 1. The molecule has 21 heavy (non-hydrogen) atoms. The van der Waals surface area contributed by atoms with Crippen LogP contribution in [-0.2, 0) is 14.6 Å². The number of carboxylic acids is 1. The molecule has 1 atom stereocenters. The summed E-state index contributed by atoms with van der Waals surface area (Å²) in [4.78, 5) is 22.8. The molecular formula is C13H15NO6S. The average Bonchev–Trinajstić information content (AvgIpc) is 2.40. The van der Waals surface area contributed by atoms with Gasteiger partial charge < -0.3 is 15.5 Å². The van der Waals surface area contributed by atoms with E-state index in [0.717, 1.165) is 6.07 Å². The van der Waals surface area contributed by atoms with Crippen molar-refractivity contribution in [3.8, 4) is 5.75 Å². The molecule has 0 saturated carbocycles. The number of carboxylic acid groups (broad SMARTS) is 1. The Morgan fingerprint density at radius 3 is 2.52 bits per heavy atom. The van der Waals surface area contributed by atoms with E-state index in [0.29, 0.717) is 12.8 Å². The molecule has 0 spiro atoms. The summed E-state index contributed by atoms with van der Waals surface area (Å²) in [5.74, 6) is -2.35. The van der Waals surface area contributed by atoms with E-state index in [1.165, 1.54) is 12.1 Å². The number of sulfone groups is 1. The molecule has 1 aromatic carbocycles. The van der Waals surface area contributed by atoms with Crippen LogP contribution in [0.15, 0.2) is 18.2 Å². The van der Waals surface area contributed by atoms with Gasteiger partial charge in [0.25, 0.3) is 0 Å². The SMILES string of the molecule is O=C(O)c1ccc(NC(=O)C2CCCCS2(=O)=O)c(O)c1. The fourth-order valence-corrected chi connectivity index (χ4v) is 4.03. The maximum Gasteiger partial charge on any atom is 0.335 e. The van der Waals surface area contributed by atoms with E-state index in [1.807, 2.05) is 0 Å². The van der Waals surface area contributed by atoms with Gasteiger partial charge in [-0.3, -0.25) is 4.79 Å². The van der Waals surface area contributed by atoms with Crippen LogP contribution in [0.4, 0.5) is 5.69 Å². The van der Waals surface area contributed by atoms with Crippen LogP contribution in [0.3, 0.4) is 0 Å². The highest BCUT2D eigenvalue weighted by Crippen LogP contribution is 2.26. The molecule has 0 radical (unpaired) electrons. The first-order valence-electron chi connectivity index (χ1n) is 6.40. The van der Waals surface area contributed by atoms with Gasteiger partial charge in [0.1, 0.15) is 11.0 Å². The van der Waals surface area contributed by atoms with Crippen molar-refractivity contribution < 1.29 is 28.2 Å². The molecule has 2 rings (SSSR count). The number of phenolic OH excluding ortho intramolecular Hbond substituents is 1. The van der Waals surface area contributed by atoms with Gasteiger partial charge in [-0.05, 0) is 31.0 Å². The summed E-state index contributed by atoms with van der Waals surface area (Å²) in [6.07, 6.45) is 1.45. The first-order valence-corrected chi connectivity index (χ1v) is 8.11. The first-order chi connectivity index (χ1) is 9.81. The maximum atomic E-state index is 12.0. The zero-order chi connectivity index (χ0) is 15.6. The van der Waals surface area contributed by atoms with Crippen LogP contribution in [0.1, 0.15) is 29.6 Å². The Kier molecular flexibility index (Phi) is 4.17. The van der Waals surface area contributed by atoms with Gasteiger partial charge in [0, 0.05) is 0 Å². The number of aromatic hydroxyl groups is 1. The largest absolute Gasteiger partial charge is 0.506 e. The van der Waals surface area contributed by atoms with Crippen molar-refractivity contribution in [2.75, 3.05) is 11.1 Å². The highest BCUT2D eigenvalue weighted by Gasteiger charge is 2.35. The fourth-order valence-electron chi connectivity index (χ4n) is 2.23. The number of carbonyl (C=O) groups excluding carboxylic acids is 1. The summed E-state index contributed by atoms with van der Waals surface area (Å²) in [6, 6.07) is 3.44. The minimum atomic E-state index is -3.47. The molecule has 1 aromatic rings. The molecular weight excluding hydrogens is 298 g/mol. The number of nitrogens with one attached hydrogen (secondary N) is 1. The molecule has 1 aliphatic rings. The fraction of sp³-hybridized carbons (Fsp3) is 0.385. The predicted octanol–water partition coefficient (Wildman–Crippen LogP) is 0.996. The van der Waals surface area contributed by atoms with E-state index < -0.39 is 32.7 Å². The predicted molar refractivity (Wildman–Crippen MR) is 75.1 cm³/mol. The van der Waals surface area contributed by atoms with Gasteiger partial charge in [-0.2, -0.15) is 0 Å². The summed E-state index contributed by atoms with van der Waals surface area (Å²) >= 11 is 0. The van der Waals surface area contributed by atoms with Crippen LogP contribution < -0.4 is 5.32 Å². The van der Waals surface area contributed by atoms with Crippen LogP contribution in [0, 0.1) is 0 Å². The molecule has 1 fully saturated rings. The number of hydrogen-bond donors (Lipinski definition) is 3. The Balaban J connectivity index is 2.18. The lowest BCUT2D eigenvalue weighted by Crippen LogP contribution is -2.39. The van der Waals surface area contributed by atoms with Crippen LogP contribution >= 0.6 is 0 Å². The lowest BCUT2D eigenvalue weighted by atomic mass is 10.1. The van der Waals surface area contributed by atoms with Gasteiger partial charge in [-0.1, -0.05) is 6.42 Å². The highest BCUT2D eigenvalue weighted by atomic mass is 32.2. The Morgan fingerprint density at radius 2 is 1.95 bits per heavy atom. The summed E-state index contributed by atoms with van der Waals surface area (Å²) in [5, 5.41) is 19.7. The number of phenols is 1. The number of amides is 1. The molecule has 0 bridgehead atoms. The van der Waals surface area contributed by atoms with Crippen molar-refractivity contribution in [1.82, 2.24) is 0 Å². The van der Waals surface area contributed by atoms with Crippen molar-refractivity contribution in [3.63, 3.8) is 0 Å². The van der Waals surface area contributed by atoms with Crippen LogP contribution in [0.2, 0.25) is 0 Å². The molecule has 3 N–H and O–H groups in total. The van der Waals surface area contributed by atoms with E-state index in [-0.39, 0.29) is 23.4 Å². The molecule has 8 heteroatoms. The van der Waals surface area contributed by atoms with E-state index in [9.17, 15) is 23.1 Å². The molecule has 1 amide bonds. The minimum Gasteiger partial charge on any atom is -0.506 e. The van der Waals surface area contributed by atoms with Gasteiger partial charge in [0.2, 0.25) is 5.91 Å². The smallest absolute Gasteiger partial charge is 0.335 e. The zero-order valence-electron chi connectivity index (χ0n) is 11.1. The lowest BCUT2D eigenvalue weighted by molar-refractivity contribution is -0.116. The Bertz CT molecular complexity index is 682. The third kappa shape index (κ3) is 3.33. The van der Waals surface area contributed by atoms with E-state index in [1.54, 1.807) is 0 Å². The van der Waals surface area contributed by atoms with Crippen LogP contribution in [0.25, 0.3) is 0 Å². The third-order valence-electron chi connectivity index (χ3n) is 3.37. The zero-order valence-corrected chi connectivity index (χ0v) is 11.9. The molecule has 0 aliphatic carbocycles. The van der Waals surface area contributed by atoms with Crippen LogP contribution in [-0.4, -0.2) is 41.5 Å². The van der Waals surface area contributed by atoms with Gasteiger partial charge in [0.05, 0.1) is 17.0 Å². The maximum absolute atomic E-state index is 12.0. The van der Waals surface area contributed by atoms with E-state index in [2.05, 4.69) is 5.32 Å². The van der Waals surface area contributed by atoms with Crippen molar-refractivity contribution >= 4 is 27.4 Å². The monoisotopic (exact) mass is 313 g/mol. The van der Waals surface area contributed by atoms with E-state index >= 15 is 0 Å². The Labute approximate surface area is 121 Å². The van der Waals surface area contributed by atoms with Crippen molar-refractivity contribution in [2.45, 2.75) is 24.5 Å². The average molecular weight is 313 g/mol. The quantitative estimate of drug-likeness (QED) is 0.716. The number of hydrogen-bond acceptors (Lipinski definition) is 5.